The van der Waals surface area contributed by atoms with Crippen LogP contribution in [0.1, 0.15) is 52.0 Å². The van der Waals surface area contributed by atoms with E-state index in [0.717, 1.165) is 25.7 Å². The van der Waals surface area contributed by atoms with Gasteiger partial charge in [0, 0.05) is 23.8 Å². The van der Waals surface area contributed by atoms with E-state index < -0.39 is 5.60 Å². The molecule has 2 bridgehead atoms. The SMILES string of the molecule is Cc1ccc(NC2CC3CCC(C2)N3C(=O)OC(C)(C)C)cc1. The average Bonchev–Trinajstić information content (AvgIpc) is 2.72. The second-order valence-electron chi connectivity index (χ2n) is 7.95. The Bertz CT molecular complexity index is 548. The number of anilines is 1. The van der Waals surface area contributed by atoms with Crippen LogP contribution in [0.25, 0.3) is 0 Å². The molecule has 0 aliphatic carbocycles. The lowest BCUT2D eigenvalue weighted by molar-refractivity contribution is 0.00684. The Morgan fingerprint density at radius 3 is 2.22 bits per heavy atom. The average molecular weight is 316 g/mol. The van der Waals surface area contributed by atoms with Crippen molar-refractivity contribution < 1.29 is 9.53 Å². The molecule has 1 aromatic rings. The van der Waals surface area contributed by atoms with Crippen LogP contribution in [0.2, 0.25) is 0 Å². The molecular formula is C19H28N2O2. The quantitative estimate of drug-likeness (QED) is 0.882. The number of benzene rings is 1. The van der Waals surface area contributed by atoms with Gasteiger partial charge >= 0.3 is 6.09 Å². The van der Waals surface area contributed by atoms with Crippen molar-refractivity contribution in [2.24, 2.45) is 0 Å². The summed E-state index contributed by atoms with van der Waals surface area (Å²) >= 11 is 0. The van der Waals surface area contributed by atoms with E-state index in [-0.39, 0.29) is 6.09 Å². The van der Waals surface area contributed by atoms with Crippen LogP contribution in [-0.2, 0) is 4.74 Å². The summed E-state index contributed by atoms with van der Waals surface area (Å²) in [5.74, 6) is 0. The zero-order chi connectivity index (χ0) is 16.6. The molecule has 126 valence electrons. The van der Waals surface area contributed by atoms with E-state index in [4.69, 9.17) is 4.74 Å². The zero-order valence-electron chi connectivity index (χ0n) is 14.6. The summed E-state index contributed by atoms with van der Waals surface area (Å²) in [6.07, 6.45) is 4.05. The van der Waals surface area contributed by atoms with Crippen molar-refractivity contribution >= 4 is 11.8 Å². The summed E-state index contributed by atoms with van der Waals surface area (Å²) < 4.78 is 5.59. The molecule has 0 saturated carbocycles. The summed E-state index contributed by atoms with van der Waals surface area (Å²) in [5.41, 5.74) is 2.02. The Balaban J connectivity index is 1.62. The molecule has 1 N–H and O–H groups in total. The molecule has 2 aliphatic heterocycles. The van der Waals surface area contributed by atoms with Crippen molar-refractivity contribution in [2.75, 3.05) is 5.32 Å². The van der Waals surface area contributed by atoms with Crippen LogP contribution in [0.4, 0.5) is 10.5 Å². The fourth-order valence-electron chi connectivity index (χ4n) is 3.79. The lowest BCUT2D eigenvalue weighted by Gasteiger charge is -2.40. The standard InChI is InChI=1S/C19H28N2O2/c1-13-5-7-14(8-6-13)20-15-11-16-9-10-17(12-15)21(16)18(22)23-19(2,3)4/h5-8,15-17,20H,9-12H2,1-4H3. The topological polar surface area (TPSA) is 41.6 Å². The number of fused-ring (bicyclic) bond motifs is 2. The van der Waals surface area contributed by atoms with E-state index >= 15 is 0 Å². The molecule has 1 amide bonds. The van der Waals surface area contributed by atoms with Crippen LogP contribution in [0, 0.1) is 6.92 Å². The van der Waals surface area contributed by atoms with Gasteiger partial charge in [0.25, 0.3) is 0 Å². The molecule has 2 atom stereocenters. The maximum Gasteiger partial charge on any atom is 0.410 e. The van der Waals surface area contributed by atoms with E-state index in [1.54, 1.807) is 0 Å². The van der Waals surface area contributed by atoms with Gasteiger partial charge in [0.15, 0.2) is 0 Å². The molecule has 2 unspecified atom stereocenters. The first-order valence-corrected chi connectivity index (χ1v) is 8.66. The van der Waals surface area contributed by atoms with Crippen molar-refractivity contribution in [1.29, 1.82) is 0 Å². The normalized spacial score (nSPS) is 27.0. The van der Waals surface area contributed by atoms with Gasteiger partial charge in [-0.2, -0.15) is 0 Å². The van der Waals surface area contributed by atoms with Gasteiger partial charge in [0.05, 0.1) is 0 Å². The van der Waals surface area contributed by atoms with Crippen LogP contribution in [-0.4, -0.2) is 34.7 Å². The highest BCUT2D eigenvalue weighted by Gasteiger charge is 2.44. The fourth-order valence-corrected chi connectivity index (χ4v) is 3.79. The number of carbonyl (C=O) groups is 1. The molecule has 2 heterocycles. The second-order valence-corrected chi connectivity index (χ2v) is 7.95. The number of aryl methyl sites for hydroxylation is 1. The Hall–Kier alpha value is -1.71. The summed E-state index contributed by atoms with van der Waals surface area (Å²) in [6.45, 7) is 7.89. The minimum atomic E-state index is -0.423. The van der Waals surface area contributed by atoms with Crippen molar-refractivity contribution in [3.8, 4) is 0 Å². The van der Waals surface area contributed by atoms with E-state index in [1.165, 1.54) is 11.3 Å². The number of amides is 1. The first kappa shape index (κ1) is 16.2. The van der Waals surface area contributed by atoms with Crippen molar-refractivity contribution in [2.45, 2.75) is 77.1 Å². The molecule has 0 aromatic heterocycles. The lowest BCUT2D eigenvalue weighted by atomic mass is 9.97. The third kappa shape index (κ3) is 3.80. The Morgan fingerprint density at radius 2 is 1.70 bits per heavy atom. The highest BCUT2D eigenvalue weighted by Crippen LogP contribution is 2.37. The van der Waals surface area contributed by atoms with Gasteiger partial charge in [0.1, 0.15) is 5.60 Å². The molecule has 23 heavy (non-hydrogen) atoms. The van der Waals surface area contributed by atoms with E-state index in [1.807, 2.05) is 25.7 Å². The summed E-state index contributed by atoms with van der Waals surface area (Å²) in [5, 5.41) is 3.64. The van der Waals surface area contributed by atoms with Gasteiger partial charge in [-0.15, -0.1) is 0 Å². The predicted molar refractivity (Wildman–Crippen MR) is 92.7 cm³/mol. The van der Waals surface area contributed by atoms with Gasteiger partial charge in [-0.3, -0.25) is 0 Å². The highest BCUT2D eigenvalue weighted by atomic mass is 16.6. The largest absolute Gasteiger partial charge is 0.444 e. The van der Waals surface area contributed by atoms with Crippen molar-refractivity contribution in [3.63, 3.8) is 0 Å². The number of hydrogen-bond acceptors (Lipinski definition) is 3. The van der Waals surface area contributed by atoms with Gasteiger partial charge in [0.2, 0.25) is 0 Å². The van der Waals surface area contributed by atoms with E-state index in [9.17, 15) is 4.79 Å². The molecule has 0 spiro atoms. The minimum absolute atomic E-state index is 0.140. The number of carbonyl (C=O) groups excluding carboxylic acids is 1. The van der Waals surface area contributed by atoms with Crippen molar-refractivity contribution in [3.05, 3.63) is 29.8 Å². The zero-order valence-corrected chi connectivity index (χ0v) is 14.6. The minimum Gasteiger partial charge on any atom is -0.444 e. The number of nitrogens with zero attached hydrogens (tertiary/aromatic N) is 1. The Labute approximate surface area is 139 Å². The Kier molecular flexibility index (Phi) is 4.26. The highest BCUT2D eigenvalue weighted by molar-refractivity contribution is 5.69. The van der Waals surface area contributed by atoms with Crippen LogP contribution in [0.15, 0.2) is 24.3 Å². The van der Waals surface area contributed by atoms with Gasteiger partial charge in [-0.25, -0.2) is 4.79 Å². The molecule has 0 radical (unpaired) electrons. The van der Waals surface area contributed by atoms with Crippen LogP contribution in [0.5, 0.6) is 0 Å². The molecule has 2 saturated heterocycles. The van der Waals surface area contributed by atoms with Crippen LogP contribution < -0.4 is 5.32 Å². The second kappa shape index (κ2) is 6.06. The van der Waals surface area contributed by atoms with Gasteiger partial charge < -0.3 is 15.0 Å². The first-order valence-electron chi connectivity index (χ1n) is 8.66. The fraction of sp³-hybridized carbons (Fsp3) is 0.632. The lowest BCUT2D eigenvalue weighted by Crippen LogP contribution is -2.51. The molecular weight excluding hydrogens is 288 g/mol. The first-order chi connectivity index (χ1) is 10.8. The number of hydrogen-bond donors (Lipinski definition) is 1. The van der Waals surface area contributed by atoms with E-state index in [2.05, 4.69) is 36.5 Å². The van der Waals surface area contributed by atoms with Crippen LogP contribution in [0.3, 0.4) is 0 Å². The number of rotatable bonds is 2. The number of ether oxygens (including phenoxy) is 1. The third-order valence-electron chi connectivity index (χ3n) is 4.76. The van der Waals surface area contributed by atoms with E-state index in [0.29, 0.717) is 18.1 Å². The van der Waals surface area contributed by atoms with Crippen LogP contribution >= 0.6 is 0 Å². The molecule has 4 heteroatoms. The smallest absolute Gasteiger partial charge is 0.410 e. The van der Waals surface area contributed by atoms with Crippen molar-refractivity contribution in [1.82, 2.24) is 4.90 Å². The maximum atomic E-state index is 12.5. The number of piperidine rings is 1. The van der Waals surface area contributed by atoms with Gasteiger partial charge in [-0.1, -0.05) is 17.7 Å². The molecule has 3 rings (SSSR count). The third-order valence-corrected chi connectivity index (χ3v) is 4.76. The molecule has 2 fully saturated rings. The summed E-state index contributed by atoms with van der Waals surface area (Å²) in [4.78, 5) is 14.5. The summed E-state index contributed by atoms with van der Waals surface area (Å²) in [6, 6.07) is 9.60. The molecule has 4 nitrogen and oxygen atoms in total. The Morgan fingerprint density at radius 1 is 1.13 bits per heavy atom. The predicted octanol–water partition coefficient (Wildman–Crippen LogP) is 4.34. The summed E-state index contributed by atoms with van der Waals surface area (Å²) in [7, 11) is 0. The van der Waals surface area contributed by atoms with Gasteiger partial charge in [-0.05, 0) is 65.5 Å². The number of nitrogens with one attached hydrogen (secondary N) is 1. The molecule has 2 aliphatic rings. The monoisotopic (exact) mass is 316 g/mol. The molecule has 1 aromatic carbocycles. The maximum absolute atomic E-state index is 12.5.